The average molecular weight is 704 g/mol. The van der Waals surface area contributed by atoms with Gasteiger partial charge < -0.3 is 19.1 Å². The van der Waals surface area contributed by atoms with E-state index in [9.17, 15) is 4.79 Å². The number of unbranched alkanes of at least 4 members (excludes halogenated alkanes) is 21. The molecule has 0 amide bonds. The van der Waals surface area contributed by atoms with Gasteiger partial charge in [0.15, 0.2) is 0 Å². The Morgan fingerprint density at radius 2 is 0.880 bits per heavy atom. The Morgan fingerprint density at radius 3 is 1.34 bits per heavy atom. The van der Waals surface area contributed by atoms with E-state index < -0.39 is 0 Å². The summed E-state index contributed by atoms with van der Waals surface area (Å²) in [7, 11) is 4.06. The van der Waals surface area contributed by atoms with Gasteiger partial charge in [-0.1, -0.05) is 147 Å². The number of hydrogen-bond acceptors (Lipinski definition) is 5. The molecule has 0 radical (unpaired) electrons. The third-order valence-electron chi connectivity index (χ3n) is 9.18. The van der Waals surface area contributed by atoms with Gasteiger partial charge in [-0.05, 0) is 97.7 Å². The zero-order valence-corrected chi connectivity index (χ0v) is 34.0. The van der Waals surface area contributed by atoms with Gasteiger partial charge in [-0.25, -0.2) is 0 Å². The van der Waals surface area contributed by atoms with Gasteiger partial charge in [-0.2, -0.15) is 0 Å². The second-order valence-corrected chi connectivity index (χ2v) is 14.7. The van der Waals surface area contributed by atoms with Crippen molar-refractivity contribution in [2.24, 2.45) is 0 Å². The van der Waals surface area contributed by atoms with Crippen molar-refractivity contribution in [1.29, 1.82) is 0 Å². The quantitative estimate of drug-likeness (QED) is 0.0361. The Balaban J connectivity index is 3.92. The molecular weight excluding hydrogens is 618 g/mol. The highest BCUT2D eigenvalue weighted by Crippen LogP contribution is 2.12. The van der Waals surface area contributed by atoms with Gasteiger partial charge in [-0.3, -0.25) is 4.79 Å². The van der Waals surface area contributed by atoms with Gasteiger partial charge in [0.25, 0.3) is 0 Å². The number of allylic oxidation sites excluding steroid dienone is 6. The lowest BCUT2D eigenvalue weighted by Crippen LogP contribution is -2.29. The normalized spacial score (nSPS) is 12.7. The standard InChI is InChI=1S/C45H85NO4/c1-5-7-9-11-13-15-17-19-21-23-25-27-29-31-33-35-40-48-42-44(50-45(47)38-37-39-46(3)4)43-49-41-36-34-32-30-28-26-24-22-20-18-16-14-12-10-8-6-2/h13,15,19-22,44H,5-12,14,16-18,23-43H2,1-4H3. The SMILES string of the molecule is CCCCCC=CCC=CCCCCCCCCOCC(COCCCCCCCCC=CCCCCCCCC)OC(=O)CCCN(C)C. The first-order valence-corrected chi connectivity index (χ1v) is 21.5. The molecule has 1 unspecified atom stereocenters. The second kappa shape index (κ2) is 42.0. The first-order valence-electron chi connectivity index (χ1n) is 21.5. The van der Waals surface area contributed by atoms with E-state index >= 15 is 0 Å². The van der Waals surface area contributed by atoms with Crippen molar-refractivity contribution in [3.63, 3.8) is 0 Å². The van der Waals surface area contributed by atoms with Crippen LogP contribution in [0.5, 0.6) is 0 Å². The van der Waals surface area contributed by atoms with Crippen LogP contribution in [0.1, 0.15) is 194 Å². The van der Waals surface area contributed by atoms with Gasteiger partial charge in [0.2, 0.25) is 0 Å². The van der Waals surface area contributed by atoms with Crippen molar-refractivity contribution in [1.82, 2.24) is 4.90 Å². The Hall–Kier alpha value is -1.43. The Kier molecular flexibility index (Phi) is 40.8. The summed E-state index contributed by atoms with van der Waals surface area (Å²) in [5, 5.41) is 0. The molecule has 0 spiro atoms. The van der Waals surface area contributed by atoms with Crippen LogP contribution < -0.4 is 0 Å². The van der Waals surface area contributed by atoms with E-state index in [2.05, 4.69) is 55.2 Å². The third-order valence-corrected chi connectivity index (χ3v) is 9.18. The van der Waals surface area contributed by atoms with Crippen LogP contribution in [0.4, 0.5) is 0 Å². The maximum absolute atomic E-state index is 12.5. The number of carbonyl (C=O) groups excluding carboxylic acids is 1. The maximum atomic E-state index is 12.5. The first kappa shape index (κ1) is 48.6. The Morgan fingerprint density at radius 1 is 0.500 bits per heavy atom. The Bertz CT molecular complexity index is 762. The number of carbonyl (C=O) groups is 1. The predicted molar refractivity (Wildman–Crippen MR) is 218 cm³/mol. The van der Waals surface area contributed by atoms with Gasteiger partial charge in [0, 0.05) is 19.6 Å². The number of ether oxygens (including phenoxy) is 3. The van der Waals surface area contributed by atoms with E-state index in [0.29, 0.717) is 19.6 Å². The lowest BCUT2D eigenvalue weighted by Gasteiger charge is -2.19. The fourth-order valence-electron chi connectivity index (χ4n) is 5.97. The number of rotatable bonds is 40. The topological polar surface area (TPSA) is 48.0 Å². The summed E-state index contributed by atoms with van der Waals surface area (Å²) in [5.41, 5.74) is 0. The van der Waals surface area contributed by atoms with Crippen LogP contribution in [-0.4, -0.2) is 64.0 Å². The van der Waals surface area contributed by atoms with Crippen molar-refractivity contribution in [2.75, 3.05) is 47.1 Å². The molecule has 0 aliphatic carbocycles. The third kappa shape index (κ3) is 41.0. The Labute approximate surface area is 312 Å². The largest absolute Gasteiger partial charge is 0.457 e. The summed E-state index contributed by atoms with van der Waals surface area (Å²) in [6.45, 7) is 7.71. The fraction of sp³-hybridized carbons (Fsp3) is 0.844. The second-order valence-electron chi connectivity index (χ2n) is 14.7. The molecule has 5 heteroatoms. The van der Waals surface area contributed by atoms with Crippen LogP contribution >= 0.6 is 0 Å². The first-order chi connectivity index (χ1) is 24.6. The lowest BCUT2D eigenvalue weighted by molar-refractivity contribution is -0.156. The maximum Gasteiger partial charge on any atom is 0.306 e. The molecule has 0 aliphatic rings. The monoisotopic (exact) mass is 704 g/mol. The molecule has 0 heterocycles. The van der Waals surface area contributed by atoms with Crippen LogP contribution in [-0.2, 0) is 19.0 Å². The molecule has 0 saturated heterocycles. The molecule has 0 rings (SSSR count). The van der Waals surface area contributed by atoms with Crippen LogP contribution in [0, 0.1) is 0 Å². The molecule has 0 saturated carbocycles. The zero-order valence-electron chi connectivity index (χ0n) is 34.0. The van der Waals surface area contributed by atoms with Crippen LogP contribution in [0.15, 0.2) is 36.5 Å². The zero-order chi connectivity index (χ0) is 36.4. The molecule has 5 nitrogen and oxygen atoms in total. The summed E-state index contributed by atoms with van der Waals surface area (Å²) < 4.78 is 17.7. The average Bonchev–Trinajstić information content (AvgIpc) is 3.10. The van der Waals surface area contributed by atoms with Crippen LogP contribution in [0.3, 0.4) is 0 Å². The van der Waals surface area contributed by atoms with Crippen molar-refractivity contribution in [3.05, 3.63) is 36.5 Å². The van der Waals surface area contributed by atoms with Gasteiger partial charge in [-0.15, -0.1) is 0 Å². The number of esters is 1. The summed E-state index contributed by atoms with van der Waals surface area (Å²) in [6, 6.07) is 0. The molecule has 0 aromatic heterocycles. The minimum Gasteiger partial charge on any atom is -0.457 e. The molecule has 0 aliphatic heterocycles. The number of nitrogens with zero attached hydrogens (tertiary/aromatic N) is 1. The van der Waals surface area contributed by atoms with Crippen LogP contribution in [0.25, 0.3) is 0 Å². The molecule has 50 heavy (non-hydrogen) atoms. The smallest absolute Gasteiger partial charge is 0.306 e. The summed E-state index contributed by atoms with van der Waals surface area (Å²) in [5.74, 6) is -0.143. The number of hydrogen-bond donors (Lipinski definition) is 0. The minimum atomic E-state index is -0.319. The van der Waals surface area contributed by atoms with Crippen molar-refractivity contribution < 1.29 is 19.0 Å². The van der Waals surface area contributed by atoms with Crippen molar-refractivity contribution in [2.45, 2.75) is 200 Å². The van der Waals surface area contributed by atoms with Crippen LogP contribution in [0.2, 0.25) is 0 Å². The highest BCUT2D eigenvalue weighted by molar-refractivity contribution is 5.69. The summed E-state index contributed by atoms with van der Waals surface area (Å²) >= 11 is 0. The minimum absolute atomic E-state index is 0.143. The highest BCUT2D eigenvalue weighted by Gasteiger charge is 2.15. The van der Waals surface area contributed by atoms with Gasteiger partial charge in [0.05, 0.1) is 13.2 Å². The van der Waals surface area contributed by atoms with Gasteiger partial charge >= 0.3 is 5.97 Å². The molecule has 1 atom stereocenters. The predicted octanol–water partition coefficient (Wildman–Crippen LogP) is 13.1. The van der Waals surface area contributed by atoms with E-state index in [1.165, 1.54) is 148 Å². The van der Waals surface area contributed by atoms with E-state index in [-0.39, 0.29) is 12.1 Å². The lowest BCUT2D eigenvalue weighted by atomic mass is 10.1. The molecule has 294 valence electrons. The molecule has 0 bridgehead atoms. The molecular formula is C45H85NO4. The van der Waals surface area contributed by atoms with Gasteiger partial charge in [0.1, 0.15) is 6.10 Å². The fourth-order valence-corrected chi connectivity index (χ4v) is 5.97. The molecule has 0 N–H and O–H groups in total. The molecule has 0 fully saturated rings. The van der Waals surface area contributed by atoms with Crippen molar-refractivity contribution in [3.8, 4) is 0 Å². The summed E-state index contributed by atoms with van der Waals surface area (Å²) in [4.78, 5) is 14.6. The van der Waals surface area contributed by atoms with E-state index in [1.54, 1.807) is 0 Å². The van der Waals surface area contributed by atoms with E-state index in [1.807, 2.05) is 14.1 Å². The van der Waals surface area contributed by atoms with E-state index in [4.69, 9.17) is 14.2 Å². The molecule has 0 aromatic rings. The molecule has 0 aromatic carbocycles. The summed E-state index contributed by atoms with van der Waals surface area (Å²) in [6.07, 6.45) is 48.1. The van der Waals surface area contributed by atoms with Crippen molar-refractivity contribution >= 4 is 5.97 Å². The highest BCUT2D eigenvalue weighted by atomic mass is 16.6. The van der Waals surface area contributed by atoms with E-state index in [0.717, 1.165) is 45.4 Å².